The average molecular weight is 285 g/mol. The number of hydrogen-bond acceptors (Lipinski definition) is 3. The molecule has 1 atom stereocenters. The monoisotopic (exact) mass is 285 g/mol. The fourth-order valence-corrected chi connectivity index (χ4v) is 2.64. The number of nitrogens with two attached hydrogens (primary N) is 1. The largest absolute Gasteiger partial charge is 0.392 e. The third-order valence-electron chi connectivity index (χ3n) is 3.60. The van der Waals surface area contributed by atoms with E-state index in [1.165, 1.54) is 19.3 Å². The van der Waals surface area contributed by atoms with Crippen molar-refractivity contribution in [2.24, 2.45) is 11.7 Å². The topological polar surface area (TPSA) is 84.2 Å². The molecule has 0 heterocycles. The maximum absolute atomic E-state index is 11.8. The Morgan fingerprint density at radius 2 is 1.89 bits per heavy atom. The van der Waals surface area contributed by atoms with Crippen molar-refractivity contribution in [1.82, 2.24) is 10.6 Å². The molecule has 1 aliphatic carbocycles. The molecule has 0 spiro atoms. The van der Waals surface area contributed by atoms with Crippen LogP contribution in [0.3, 0.4) is 0 Å². The van der Waals surface area contributed by atoms with E-state index in [1.54, 1.807) is 0 Å². The summed E-state index contributed by atoms with van der Waals surface area (Å²) in [5.74, 6) is -0.762. The van der Waals surface area contributed by atoms with Crippen molar-refractivity contribution in [3.8, 4) is 0 Å². The molecule has 19 heavy (non-hydrogen) atoms. The Bertz CT molecular complexity index is 341. The van der Waals surface area contributed by atoms with Crippen LogP contribution in [0, 0.1) is 5.92 Å². The van der Waals surface area contributed by atoms with Gasteiger partial charge in [0.05, 0.1) is 11.5 Å². The Morgan fingerprint density at radius 3 is 2.42 bits per heavy atom. The summed E-state index contributed by atoms with van der Waals surface area (Å²) in [5.41, 5.74) is 5.27. The lowest BCUT2D eigenvalue weighted by Gasteiger charge is -2.30. The summed E-state index contributed by atoms with van der Waals surface area (Å²) in [6, 6.07) is 0.0865. The van der Waals surface area contributed by atoms with Crippen LogP contribution >= 0.6 is 12.2 Å². The van der Waals surface area contributed by atoms with E-state index in [9.17, 15) is 9.59 Å². The highest BCUT2D eigenvalue weighted by molar-refractivity contribution is 7.80. The summed E-state index contributed by atoms with van der Waals surface area (Å²) in [4.78, 5) is 23.5. The van der Waals surface area contributed by atoms with Gasteiger partial charge in [-0.05, 0) is 25.2 Å². The van der Waals surface area contributed by atoms with E-state index in [4.69, 9.17) is 5.73 Å². The summed E-state index contributed by atoms with van der Waals surface area (Å²) in [6.07, 6.45) is 6.81. The van der Waals surface area contributed by atoms with Crippen molar-refractivity contribution in [2.75, 3.05) is 6.54 Å². The van der Waals surface area contributed by atoms with Crippen LogP contribution in [0.2, 0.25) is 0 Å². The van der Waals surface area contributed by atoms with Gasteiger partial charge in [-0.1, -0.05) is 38.4 Å². The summed E-state index contributed by atoms with van der Waals surface area (Å²) in [6.45, 7) is 2.09. The van der Waals surface area contributed by atoms with Gasteiger partial charge in [0.15, 0.2) is 0 Å². The third kappa shape index (κ3) is 5.55. The molecule has 0 aromatic heterocycles. The zero-order valence-corrected chi connectivity index (χ0v) is 12.2. The fraction of sp³-hybridized carbons (Fsp3) is 0.769. The van der Waals surface area contributed by atoms with Crippen molar-refractivity contribution in [1.29, 1.82) is 0 Å². The summed E-state index contributed by atoms with van der Waals surface area (Å²) in [5, 5.41) is 5.22. The molecule has 1 saturated carbocycles. The molecule has 1 rings (SSSR count). The molecule has 0 saturated heterocycles. The number of thiocarbonyl (C=S) groups is 1. The van der Waals surface area contributed by atoms with Crippen molar-refractivity contribution in [3.63, 3.8) is 0 Å². The second kappa shape index (κ2) is 8.09. The lowest BCUT2D eigenvalue weighted by atomic mass is 9.83. The summed E-state index contributed by atoms with van der Waals surface area (Å²) < 4.78 is 0. The van der Waals surface area contributed by atoms with Crippen LogP contribution in [0.5, 0.6) is 0 Å². The first-order valence-corrected chi connectivity index (χ1v) is 7.32. The molecule has 1 aliphatic rings. The van der Waals surface area contributed by atoms with Crippen molar-refractivity contribution < 1.29 is 9.59 Å². The highest BCUT2D eigenvalue weighted by Gasteiger charge is 2.25. The molecular formula is C13H23N3O2S. The predicted octanol–water partition coefficient (Wildman–Crippen LogP) is 0.864. The highest BCUT2D eigenvalue weighted by Crippen LogP contribution is 2.27. The van der Waals surface area contributed by atoms with E-state index < -0.39 is 11.8 Å². The van der Waals surface area contributed by atoms with Gasteiger partial charge in [0.2, 0.25) is 0 Å². The van der Waals surface area contributed by atoms with Gasteiger partial charge >= 0.3 is 11.8 Å². The van der Waals surface area contributed by atoms with Gasteiger partial charge < -0.3 is 16.4 Å². The van der Waals surface area contributed by atoms with Crippen LogP contribution in [-0.2, 0) is 9.59 Å². The smallest absolute Gasteiger partial charge is 0.309 e. The first-order valence-electron chi connectivity index (χ1n) is 6.91. The number of hydrogen-bond donors (Lipinski definition) is 3. The van der Waals surface area contributed by atoms with Gasteiger partial charge in [-0.3, -0.25) is 9.59 Å². The molecule has 0 aromatic carbocycles. The number of amides is 2. The van der Waals surface area contributed by atoms with Crippen LogP contribution in [0.4, 0.5) is 0 Å². The zero-order valence-electron chi connectivity index (χ0n) is 11.4. The second-order valence-electron chi connectivity index (χ2n) is 5.04. The Balaban J connectivity index is 2.43. The van der Waals surface area contributed by atoms with Crippen molar-refractivity contribution in [2.45, 2.75) is 51.5 Å². The molecule has 4 N–H and O–H groups in total. The van der Waals surface area contributed by atoms with Gasteiger partial charge in [0.25, 0.3) is 0 Å². The second-order valence-corrected chi connectivity index (χ2v) is 5.56. The normalized spacial score (nSPS) is 17.5. The van der Waals surface area contributed by atoms with Crippen molar-refractivity contribution >= 4 is 29.0 Å². The molecular weight excluding hydrogens is 262 g/mol. The number of carbonyl (C=O) groups excluding carboxylic acids is 2. The predicted molar refractivity (Wildman–Crippen MR) is 78.6 cm³/mol. The summed E-state index contributed by atoms with van der Waals surface area (Å²) >= 11 is 4.64. The first kappa shape index (κ1) is 15.9. The van der Waals surface area contributed by atoms with E-state index >= 15 is 0 Å². The van der Waals surface area contributed by atoms with Crippen LogP contribution in [0.15, 0.2) is 0 Å². The fourth-order valence-electron chi connectivity index (χ4n) is 2.57. The molecule has 108 valence electrons. The SMILES string of the molecule is CCC(NC(=O)C(=O)NCC(N)=S)C1CCCCC1. The Labute approximate surface area is 119 Å². The number of rotatable bonds is 5. The molecule has 1 unspecified atom stereocenters. The van der Waals surface area contributed by atoms with E-state index in [-0.39, 0.29) is 17.6 Å². The first-order chi connectivity index (χ1) is 9.04. The molecule has 0 radical (unpaired) electrons. The van der Waals surface area contributed by atoms with Gasteiger partial charge in [0, 0.05) is 6.04 Å². The Hall–Kier alpha value is -1.17. The third-order valence-corrected chi connectivity index (χ3v) is 3.75. The maximum atomic E-state index is 11.8. The minimum Gasteiger partial charge on any atom is -0.392 e. The number of carbonyl (C=O) groups is 2. The molecule has 0 bridgehead atoms. The van der Waals surface area contributed by atoms with Gasteiger partial charge in [0.1, 0.15) is 0 Å². The van der Waals surface area contributed by atoms with E-state index in [2.05, 4.69) is 22.9 Å². The molecule has 6 heteroatoms. The highest BCUT2D eigenvalue weighted by atomic mass is 32.1. The van der Waals surface area contributed by atoms with E-state index in [0.717, 1.165) is 19.3 Å². The standard InChI is InChI=1S/C13H23N3O2S/c1-2-10(9-6-4-3-5-7-9)16-13(18)12(17)15-8-11(14)19/h9-10H,2-8H2,1H3,(H2,14,19)(H,15,17)(H,16,18). The molecule has 1 fully saturated rings. The number of nitrogens with one attached hydrogen (secondary N) is 2. The van der Waals surface area contributed by atoms with Crippen LogP contribution in [0.25, 0.3) is 0 Å². The maximum Gasteiger partial charge on any atom is 0.309 e. The Kier molecular flexibility index (Phi) is 6.77. The van der Waals surface area contributed by atoms with Crippen LogP contribution < -0.4 is 16.4 Å². The lowest BCUT2D eigenvalue weighted by molar-refractivity contribution is -0.139. The van der Waals surface area contributed by atoms with Crippen molar-refractivity contribution in [3.05, 3.63) is 0 Å². The average Bonchev–Trinajstić information content (AvgIpc) is 2.42. The van der Waals surface area contributed by atoms with Gasteiger partial charge in [-0.25, -0.2) is 0 Å². The molecule has 5 nitrogen and oxygen atoms in total. The molecule has 0 aliphatic heterocycles. The minimum atomic E-state index is -0.665. The molecule has 0 aromatic rings. The minimum absolute atomic E-state index is 0.0573. The van der Waals surface area contributed by atoms with Crippen LogP contribution in [-0.4, -0.2) is 29.4 Å². The molecule has 2 amide bonds. The van der Waals surface area contributed by atoms with E-state index in [0.29, 0.717) is 5.92 Å². The van der Waals surface area contributed by atoms with Gasteiger partial charge in [-0.2, -0.15) is 0 Å². The zero-order chi connectivity index (χ0) is 14.3. The van der Waals surface area contributed by atoms with Gasteiger partial charge in [-0.15, -0.1) is 0 Å². The lowest BCUT2D eigenvalue weighted by Crippen LogP contribution is -2.48. The quantitative estimate of drug-likeness (QED) is 0.517. The van der Waals surface area contributed by atoms with E-state index in [1.807, 2.05) is 6.92 Å². The van der Waals surface area contributed by atoms with Crippen LogP contribution in [0.1, 0.15) is 45.4 Å². The Morgan fingerprint density at radius 1 is 1.26 bits per heavy atom. The summed E-state index contributed by atoms with van der Waals surface area (Å²) in [7, 11) is 0.